The fourth-order valence-electron chi connectivity index (χ4n) is 2.83. The molecule has 0 aliphatic carbocycles. The quantitative estimate of drug-likeness (QED) is 0.225. The van der Waals surface area contributed by atoms with Crippen LogP contribution in [0.25, 0.3) is 0 Å². The molecule has 0 N–H and O–H groups in total. The van der Waals surface area contributed by atoms with E-state index >= 15 is 0 Å². The molecule has 4 aromatic carbocycles. The van der Waals surface area contributed by atoms with Crippen molar-refractivity contribution >= 4 is 43.0 Å². The minimum atomic E-state index is -1.46. The second-order valence-electron chi connectivity index (χ2n) is 6.02. The van der Waals surface area contributed by atoms with E-state index in [1.807, 2.05) is 0 Å². The fraction of sp³-hybridized carbons (Fsp3) is 0. The predicted octanol–water partition coefficient (Wildman–Crippen LogP) is 5.85. The molecule has 0 atom stereocenters. The first-order chi connectivity index (χ1) is 13.8. The molecule has 4 rings (SSSR count). The summed E-state index contributed by atoms with van der Waals surface area (Å²) >= 11 is -1.46. The summed E-state index contributed by atoms with van der Waals surface area (Å²) in [4.78, 5) is 0. The van der Waals surface area contributed by atoms with Crippen molar-refractivity contribution in [3.05, 3.63) is 121 Å². The zero-order chi connectivity index (χ0) is 19.2. The summed E-state index contributed by atoms with van der Waals surface area (Å²) in [6.45, 7) is 0. The van der Waals surface area contributed by atoms with Gasteiger partial charge in [0.1, 0.15) is 0 Å². The van der Waals surface area contributed by atoms with E-state index in [1.165, 1.54) is 21.2 Å². The van der Waals surface area contributed by atoms with Crippen molar-refractivity contribution in [3.8, 4) is 0 Å². The van der Waals surface area contributed by atoms with E-state index in [-0.39, 0.29) is 0 Å². The zero-order valence-corrected chi connectivity index (χ0v) is 19.2. The number of hydrogen-bond acceptors (Lipinski definition) is 0. The molecule has 0 nitrogen and oxygen atoms in total. The van der Waals surface area contributed by atoms with Gasteiger partial charge in [-0.2, -0.15) is 0 Å². The van der Waals surface area contributed by atoms with Gasteiger partial charge in [-0.25, -0.2) is 0 Å². The minimum absolute atomic E-state index is 0.588. The van der Waals surface area contributed by atoms with Gasteiger partial charge in [0.15, 0.2) is 0 Å². The summed E-state index contributed by atoms with van der Waals surface area (Å²) in [5.41, 5.74) is 0. The van der Waals surface area contributed by atoms with Crippen LogP contribution in [0.5, 0.6) is 0 Å². The topological polar surface area (TPSA) is 0 Å². The Labute approximate surface area is 178 Å². The molecule has 0 heterocycles. The molecular formula is C24H20ClP2Pd-3. The maximum atomic E-state index is 7.53. The number of rotatable bonds is 6. The molecule has 0 amide bonds. The van der Waals surface area contributed by atoms with E-state index in [9.17, 15) is 0 Å². The van der Waals surface area contributed by atoms with Crippen molar-refractivity contribution in [3.63, 3.8) is 0 Å². The third kappa shape index (κ3) is 4.63. The monoisotopic (exact) mass is 511 g/mol. The number of benzene rings is 4. The van der Waals surface area contributed by atoms with E-state index < -0.39 is 27.0 Å². The number of halogens is 1. The molecule has 0 unspecified atom stereocenters. The molecule has 0 aliphatic heterocycles. The molecule has 0 fully saturated rings. The molecular weight excluding hydrogens is 492 g/mol. The first kappa shape index (κ1) is 20.0. The second-order valence-corrected chi connectivity index (χ2v) is 22.2. The molecule has 0 aromatic heterocycles. The fourth-order valence-corrected chi connectivity index (χ4v) is 25.3. The Kier molecular flexibility index (Phi) is 7.10. The van der Waals surface area contributed by atoms with E-state index in [0.717, 1.165) is 0 Å². The molecule has 0 aliphatic rings. The van der Waals surface area contributed by atoms with E-state index in [1.54, 1.807) is 0 Å². The Morgan fingerprint density at radius 3 is 0.821 bits per heavy atom. The third-order valence-electron chi connectivity index (χ3n) is 4.10. The number of hydrogen-bond donors (Lipinski definition) is 0. The van der Waals surface area contributed by atoms with Gasteiger partial charge in [0.2, 0.25) is 0 Å². The van der Waals surface area contributed by atoms with Gasteiger partial charge in [-0.3, -0.25) is 0 Å². The average molecular weight is 512 g/mol. The van der Waals surface area contributed by atoms with Gasteiger partial charge in [0.05, 0.1) is 0 Å². The molecule has 4 heteroatoms. The first-order valence-corrected chi connectivity index (χ1v) is 17.5. The van der Waals surface area contributed by atoms with Crippen molar-refractivity contribution in [2.45, 2.75) is 0 Å². The van der Waals surface area contributed by atoms with Gasteiger partial charge in [-0.15, -0.1) is 0 Å². The van der Waals surface area contributed by atoms with Gasteiger partial charge in [0.25, 0.3) is 0 Å². The van der Waals surface area contributed by atoms with Crippen LogP contribution < -0.4 is 21.2 Å². The Balaban J connectivity index is 1.84. The third-order valence-corrected chi connectivity index (χ3v) is 24.0. The first-order valence-electron chi connectivity index (χ1n) is 8.94. The molecule has 4 aromatic rings. The molecule has 28 heavy (non-hydrogen) atoms. The van der Waals surface area contributed by atoms with Crippen LogP contribution in [0.4, 0.5) is 0 Å². The van der Waals surface area contributed by atoms with Crippen LogP contribution in [0.15, 0.2) is 121 Å². The molecule has 0 spiro atoms. The predicted molar refractivity (Wildman–Crippen MR) is 124 cm³/mol. The van der Waals surface area contributed by atoms with Crippen LogP contribution in [0.2, 0.25) is 0 Å². The van der Waals surface area contributed by atoms with Crippen LogP contribution in [0.1, 0.15) is 0 Å². The van der Waals surface area contributed by atoms with Crippen LogP contribution in [0, 0.1) is 0 Å². The van der Waals surface area contributed by atoms with Gasteiger partial charge in [0, 0.05) is 0 Å². The summed E-state index contributed by atoms with van der Waals surface area (Å²) in [5.74, 6) is 0. The molecule has 0 saturated carbocycles. The summed E-state index contributed by atoms with van der Waals surface area (Å²) in [7, 11) is 7.53. The van der Waals surface area contributed by atoms with Crippen molar-refractivity contribution < 1.29 is 14.7 Å². The Hall–Kier alpha value is -1.31. The standard InChI is InChI=1S/2C12H10P.ClH.Pd/c2*1-3-7-11(8-4-1)13-12-9-5-2-6-10-12;;/h2*1-10H;1H;/q2*-1;;/p-1. The summed E-state index contributed by atoms with van der Waals surface area (Å²) in [6.07, 6.45) is -1.18. The van der Waals surface area contributed by atoms with Crippen molar-refractivity contribution in [1.29, 1.82) is 0 Å². The molecule has 0 radical (unpaired) electrons. The SMILES string of the molecule is [Cl][Pd-3]([P](c1ccccc1)c1ccccc1)[P](c1ccccc1)c1ccccc1. The molecule has 0 saturated heterocycles. The van der Waals surface area contributed by atoms with E-state index in [0.29, 0.717) is 0 Å². The van der Waals surface area contributed by atoms with Gasteiger partial charge < -0.3 is 0 Å². The maximum absolute atomic E-state index is 7.53. The van der Waals surface area contributed by atoms with E-state index in [2.05, 4.69) is 121 Å². The van der Waals surface area contributed by atoms with Crippen LogP contribution in [-0.2, 0) is 14.7 Å². The Morgan fingerprint density at radius 1 is 0.393 bits per heavy atom. The van der Waals surface area contributed by atoms with Gasteiger partial charge >= 0.3 is 179 Å². The van der Waals surface area contributed by atoms with E-state index in [4.69, 9.17) is 9.53 Å². The summed E-state index contributed by atoms with van der Waals surface area (Å²) in [5, 5.41) is 5.50. The molecule has 146 valence electrons. The van der Waals surface area contributed by atoms with Crippen molar-refractivity contribution in [2.24, 2.45) is 0 Å². The summed E-state index contributed by atoms with van der Waals surface area (Å²) in [6, 6.07) is 43.4. The van der Waals surface area contributed by atoms with Gasteiger partial charge in [-0.1, -0.05) is 0 Å². The average Bonchev–Trinajstić information content (AvgIpc) is 2.77. The van der Waals surface area contributed by atoms with Gasteiger partial charge in [-0.05, 0) is 0 Å². The molecule has 0 bridgehead atoms. The Bertz CT molecular complexity index is 820. The van der Waals surface area contributed by atoms with Crippen LogP contribution in [0.3, 0.4) is 0 Å². The van der Waals surface area contributed by atoms with Crippen LogP contribution >= 0.6 is 21.8 Å². The normalized spacial score (nSPS) is 11.6. The summed E-state index contributed by atoms with van der Waals surface area (Å²) < 4.78 is 0. The van der Waals surface area contributed by atoms with Crippen molar-refractivity contribution in [1.82, 2.24) is 0 Å². The van der Waals surface area contributed by atoms with Crippen LogP contribution in [-0.4, -0.2) is 0 Å². The zero-order valence-electron chi connectivity index (χ0n) is 15.1. The Morgan fingerprint density at radius 2 is 0.607 bits per heavy atom. The van der Waals surface area contributed by atoms with Crippen molar-refractivity contribution in [2.75, 3.05) is 0 Å². The second kappa shape index (κ2) is 9.94.